The monoisotopic (exact) mass is 362 g/mol. The first-order chi connectivity index (χ1) is 13.1. The van der Waals surface area contributed by atoms with Crippen LogP contribution in [-0.2, 0) is 20.1 Å². The molecule has 2 aromatic rings. The molecule has 1 saturated heterocycles. The number of Topliss-reactive ketones (excluding diaryl/α,β-unsaturated/α-hetero) is 1. The Morgan fingerprint density at radius 3 is 2.67 bits per heavy atom. The highest BCUT2D eigenvalue weighted by Gasteiger charge is 2.55. The quantitative estimate of drug-likeness (QED) is 0.772. The van der Waals surface area contributed by atoms with Gasteiger partial charge in [-0.2, -0.15) is 0 Å². The van der Waals surface area contributed by atoms with Gasteiger partial charge >= 0.3 is 0 Å². The molecule has 1 aromatic heterocycles. The highest BCUT2D eigenvalue weighted by molar-refractivity contribution is 6.00. The van der Waals surface area contributed by atoms with Crippen LogP contribution in [0.15, 0.2) is 71.4 Å². The zero-order valence-electron chi connectivity index (χ0n) is 14.6. The average molecular weight is 362 g/mol. The molecule has 5 rings (SSSR count). The van der Waals surface area contributed by atoms with Gasteiger partial charge in [0.2, 0.25) is 5.78 Å². The molecule has 1 aromatic carbocycles. The van der Waals surface area contributed by atoms with Gasteiger partial charge in [-0.1, -0.05) is 24.3 Å². The van der Waals surface area contributed by atoms with Crippen molar-refractivity contribution in [2.75, 3.05) is 0 Å². The van der Waals surface area contributed by atoms with Crippen molar-refractivity contribution in [3.05, 3.63) is 83.9 Å². The van der Waals surface area contributed by atoms with E-state index in [1.54, 1.807) is 24.3 Å². The number of furan rings is 1. The van der Waals surface area contributed by atoms with Crippen LogP contribution < -0.4 is 0 Å². The first kappa shape index (κ1) is 16.4. The number of ether oxygens (including phenoxy) is 2. The van der Waals surface area contributed by atoms with E-state index in [9.17, 15) is 9.59 Å². The van der Waals surface area contributed by atoms with Crippen LogP contribution in [0.25, 0.3) is 0 Å². The summed E-state index contributed by atoms with van der Waals surface area (Å²) in [6, 6.07) is 11.2. The molecule has 0 saturated carbocycles. The van der Waals surface area contributed by atoms with Gasteiger partial charge in [0.15, 0.2) is 17.3 Å². The molecule has 5 heteroatoms. The summed E-state index contributed by atoms with van der Waals surface area (Å²) in [6.45, 7) is 0. The summed E-state index contributed by atoms with van der Waals surface area (Å²) < 4.78 is 18.0. The molecule has 27 heavy (non-hydrogen) atoms. The van der Waals surface area contributed by atoms with Crippen molar-refractivity contribution >= 4 is 11.6 Å². The van der Waals surface area contributed by atoms with Crippen LogP contribution >= 0.6 is 0 Å². The molecule has 0 bridgehead atoms. The van der Waals surface area contributed by atoms with Crippen LogP contribution in [0.5, 0.6) is 0 Å². The van der Waals surface area contributed by atoms with E-state index in [4.69, 9.17) is 13.9 Å². The number of carbonyl (C=O) groups excluding carboxylic acids is 2. The minimum Gasteiger partial charge on any atom is -0.461 e. The van der Waals surface area contributed by atoms with Gasteiger partial charge < -0.3 is 13.9 Å². The SMILES string of the molecule is O=C1C=CC2(C=C1)CC[C@@]1(O[C@H](CC(=O)c3ccco3)c3ccccc31)O2. The lowest BCUT2D eigenvalue weighted by Crippen LogP contribution is -2.32. The first-order valence-corrected chi connectivity index (χ1v) is 9.06. The maximum Gasteiger partial charge on any atom is 0.200 e. The molecule has 3 aliphatic rings. The summed E-state index contributed by atoms with van der Waals surface area (Å²) in [5, 5.41) is 0. The van der Waals surface area contributed by atoms with Crippen LogP contribution in [0.3, 0.4) is 0 Å². The normalized spacial score (nSPS) is 27.6. The second kappa shape index (κ2) is 5.87. The minimum atomic E-state index is -0.903. The summed E-state index contributed by atoms with van der Waals surface area (Å²) in [5.74, 6) is -0.718. The molecule has 0 N–H and O–H groups in total. The Morgan fingerprint density at radius 1 is 1.07 bits per heavy atom. The lowest BCUT2D eigenvalue weighted by Gasteiger charge is -2.30. The van der Waals surface area contributed by atoms with E-state index < -0.39 is 17.5 Å². The number of benzene rings is 1. The van der Waals surface area contributed by atoms with Crippen molar-refractivity contribution in [1.29, 1.82) is 0 Å². The summed E-state index contributed by atoms with van der Waals surface area (Å²) in [4.78, 5) is 24.0. The largest absolute Gasteiger partial charge is 0.461 e. The molecular weight excluding hydrogens is 344 g/mol. The van der Waals surface area contributed by atoms with Crippen molar-refractivity contribution in [3.63, 3.8) is 0 Å². The van der Waals surface area contributed by atoms with Crippen molar-refractivity contribution in [2.45, 2.75) is 36.8 Å². The van der Waals surface area contributed by atoms with Gasteiger partial charge in [0.1, 0.15) is 5.60 Å². The minimum absolute atomic E-state index is 0.0418. The molecule has 5 nitrogen and oxygen atoms in total. The van der Waals surface area contributed by atoms with Crippen LogP contribution in [0.1, 0.15) is 47.0 Å². The fourth-order valence-electron chi connectivity index (χ4n) is 4.17. The second-order valence-electron chi connectivity index (χ2n) is 7.18. The molecular formula is C22H18O5. The molecule has 136 valence electrons. The third kappa shape index (κ3) is 2.62. The Bertz CT molecular complexity index is 952. The summed E-state index contributed by atoms with van der Waals surface area (Å²) in [6.07, 6.45) is 9.33. The first-order valence-electron chi connectivity index (χ1n) is 9.06. The standard InChI is InChI=1S/C22H18O5/c23-15-7-9-21(10-8-15)11-12-22(27-21)17-5-2-1-4-16(17)20(26-22)14-18(24)19-6-3-13-25-19/h1-10,13,20H,11-12,14H2/t20-,22-/m1/s1. The molecule has 1 aliphatic carbocycles. The Labute approximate surface area is 156 Å². The van der Waals surface area contributed by atoms with Gasteiger partial charge in [-0.3, -0.25) is 9.59 Å². The van der Waals surface area contributed by atoms with Crippen LogP contribution in [0.4, 0.5) is 0 Å². The smallest absolute Gasteiger partial charge is 0.200 e. The summed E-state index contributed by atoms with van der Waals surface area (Å²) in [7, 11) is 0. The van der Waals surface area contributed by atoms with E-state index >= 15 is 0 Å². The number of carbonyl (C=O) groups is 2. The second-order valence-corrected chi connectivity index (χ2v) is 7.18. The number of hydrogen-bond donors (Lipinski definition) is 0. The van der Waals surface area contributed by atoms with Gasteiger partial charge in [0, 0.05) is 18.4 Å². The molecule has 0 amide bonds. The lowest BCUT2D eigenvalue weighted by atomic mass is 9.92. The Balaban J connectivity index is 1.46. The van der Waals surface area contributed by atoms with E-state index in [1.807, 2.05) is 24.3 Å². The number of allylic oxidation sites excluding steroid dienone is 2. The van der Waals surface area contributed by atoms with Crippen molar-refractivity contribution < 1.29 is 23.5 Å². The predicted octanol–water partition coefficient (Wildman–Crippen LogP) is 4.02. The van der Waals surface area contributed by atoms with Gasteiger partial charge in [-0.25, -0.2) is 0 Å². The Morgan fingerprint density at radius 2 is 1.89 bits per heavy atom. The zero-order valence-corrected chi connectivity index (χ0v) is 14.6. The molecule has 0 unspecified atom stereocenters. The molecule has 2 atom stereocenters. The van der Waals surface area contributed by atoms with E-state index in [0.29, 0.717) is 18.6 Å². The predicted molar refractivity (Wildman–Crippen MR) is 95.9 cm³/mol. The van der Waals surface area contributed by atoms with Gasteiger partial charge in [0.05, 0.1) is 12.4 Å². The van der Waals surface area contributed by atoms with Gasteiger partial charge in [-0.15, -0.1) is 0 Å². The third-order valence-electron chi connectivity index (χ3n) is 5.48. The average Bonchev–Trinajstić information content (AvgIpc) is 3.39. The van der Waals surface area contributed by atoms with Crippen LogP contribution in [0.2, 0.25) is 0 Å². The van der Waals surface area contributed by atoms with Crippen molar-refractivity contribution in [3.8, 4) is 0 Å². The van der Waals surface area contributed by atoms with Crippen LogP contribution in [-0.4, -0.2) is 17.2 Å². The Kier molecular flexibility index (Phi) is 3.57. The molecule has 2 spiro atoms. The lowest BCUT2D eigenvalue weighted by molar-refractivity contribution is -0.250. The van der Waals surface area contributed by atoms with E-state index in [2.05, 4.69) is 0 Å². The summed E-state index contributed by atoms with van der Waals surface area (Å²) >= 11 is 0. The van der Waals surface area contributed by atoms with E-state index in [0.717, 1.165) is 11.1 Å². The van der Waals surface area contributed by atoms with Crippen molar-refractivity contribution in [1.82, 2.24) is 0 Å². The zero-order chi connectivity index (χ0) is 18.5. The highest BCUT2D eigenvalue weighted by atomic mass is 16.7. The van der Waals surface area contributed by atoms with Crippen molar-refractivity contribution in [2.24, 2.45) is 0 Å². The maximum atomic E-state index is 12.5. The number of hydrogen-bond acceptors (Lipinski definition) is 5. The number of fused-ring (bicyclic) bond motifs is 2. The highest BCUT2D eigenvalue weighted by Crippen LogP contribution is 2.55. The maximum absolute atomic E-state index is 12.5. The van der Waals surface area contributed by atoms with E-state index in [1.165, 1.54) is 18.4 Å². The fourth-order valence-corrected chi connectivity index (χ4v) is 4.17. The topological polar surface area (TPSA) is 65.7 Å². The third-order valence-corrected chi connectivity index (χ3v) is 5.48. The molecule has 3 heterocycles. The van der Waals surface area contributed by atoms with Gasteiger partial charge in [-0.05, 0) is 48.4 Å². The molecule has 2 aliphatic heterocycles. The van der Waals surface area contributed by atoms with E-state index in [-0.39, 0.29) is 18.0 Å². The van der Waals surface area contributed by atoms with Gasteiger partial charge in [0.25, 0.3) is 0 Å². The molecule has 0 radical (unpaired) electrons. The summed E-state index contributed by atoms with van der Waals surface area (Å²) in [5.41, 5.74) is 1.29. The fraction of sp³-hybridized carbons (Fsp3) is 0.273. The number of rotatable bonds is 3. The van der Waals surface area contributed by atoms with Crippen LogP contribution in [0, 0.1) is 0 Å². The Hall–Kier alpha value is -2.76. The number of ketones is 2. The molecule has 1 fully saturated rings.